The standard InChI is InChI=1S/C28H27N5O2/c1-5-22(18-8-9-35-16-18)20-12-25(30-14-20)26-23-11-17(6-7-24(23)32-33-26)19-10-21(15-29-13-19)31-27(34)28(2,3)4/h5-16,30H,1-4H3,(H,31,34)(H,32,33)/b22-5-. The first-order chi connectivity index (χ1) is 16.8. The summed E-state index contributed by atoms with van der Waals surface area (Å²) in [6, 6.07) is 12.1. The highest BCUT2D eigenvalue weighted by Crippen LogP contribution is 2.33. The number of pyridine rings is 1. The zero-order valence-corrected chi connectivity index (χ0v) is 20.1. The molecule has 1 amide bonds. The van der Waals surface area contributed by atoms with Crippen LogP contribution in [0.4, 0.5) is 5.69 Å². The van der Waals surface area contributed by atoms with Gasteiger partial charge in [0.1, 0.15) is 5.69 Å². The molecule has 0 spiro atoms. The molecule has 0 saturated carbocycles. The van der Waals surface area contributed by atoms with E-state index in [9.17, 15) is 4.79 Å². The van der Waals surface area contributed by atoms with Gasteiger partial charge in [0.15, 0.2) is 0 Å². The Morgan fingerprint density at radius 2 is 1.91 bits per heavy atom. The van der Waals surface area contributed by atoms with Crippen molar-refractivity contribution in [3.63, 3.8) is 0 Å². The summed E-state index contributed by atoms with van der Waals surface area (Å²) in [6.45, 7) is 7.66. The van der Waals surface area contributed by atoms with Crippen molar-refractivity contribution in [3.8, 4) is 22.5 Å². The van der Waals surface area contributed by atoms with E-state index in [2.05, 4.69) is 43.7 Å². The van der Waals surface area contributed by atoms with Crippen LogP contribution in [0.1, 0.15) is 38.8 Å². The van der Waals surface area contributed by atoms with Gasteiger partial charge in [-0.2, -0.15) is 5.10 Å². The van der Waals surface area contributed by atoms with Crippen molar-refractivity contribution in [2.75, 3.05) is 5.32 Å². The highest BCUT2D eigenvalue weighted by atomic mass is 16.3. The lowest BCUT2D eigenvalue weighted by Gasteiger charge is -2.17. The zero-order chi connectivity index (χ0) is 24.6. The Hall–Kier alpha value is -4.39. The van der Waals surface area contributed by atoms with Gasteiger partial charge < -0.3 is 14.7 Å². The van der Waals surface area contributed by atoms with E-state index >= 15 is 0 Å². The van der Waals surface area contributed by atoms with Crippen molar-refractivity contribution in [2.45, 2.75) is 27.7 Å². The first-order valence-corrected chi connectivity index (χ1v) is 11.5. The molecule has 0 radical (unpaired) electrons. The second-order valence-corrected chi connectivity index (χ2v) is 9.52. The summed E-state index contributed by atoms with van der Waals surface area (Å²) in [5.41, 5.74) is 7.93. The average molecular weight is 466 g/mol. The van der Waals surface area contributed by atoms with Crippen molar-refractivity contribution in [1.82, 2.24) is 20.2 Å². The smallest absolute Gasteiger partial charge is 0.229 e. The van der Waals surface area contributed by atoms with E-state index in [1.807, 2.05) is 58.2 Å². The van der Waals surface area contributed by atoms with E-state index in [1.54, 1.807) is 24.9 Å². The number of allylic oxidation sites excluding steroid dienone is 1. The van der Waals surface area contributed by atoms with Crippen molar-refractivity contribution < 1.29 is 9.21 Å². The molecule has 35 heavy (non-hydrogen) atoms. The molecule has 0 fully saturated rings. The van der Waals surface area contributed by atoms with Gasteiger partial charge in [-0.05, 0) is 48.4 Å². The molecule has 5 rings (SSSR count). The third-order valence-corrected chi connectivity index (χ3v) is 5.94. The first kappa shape index (κ1) is 22.4. The van der Waals surface area contributed by atoms with Gasteiger partial charge >= 0.3 is 0 Å². The molecule has 0 bridgehead atoms. The van der Waals surface area contributed by atoms with Crippen LogP contribution in [0.5, 0.6) is 0 Å². The molecule has 0 atom stereocenters. The zero-order valence-electron chi connectivity index (χ0n) is 20.1. The van der Waals surface area contributed by atoms with Gasteiger partial charge in [-0.15, -0.1) is 0 Å². The predicted octanol–water partition coefficient (Wildman–Crippen LogP) is 6.65. The third kappa shape index (κ3) is 4.40. The molecule has 0 aliphatic carbocycles. The molecule has 3 N–H and O–H groups in total. The number of hydrogen-bond donors (Lipinski definition) is 3. The SMILES string of the molecule is C/C=C(/c1ccoc1)c1c[nH]c(-c2n[nH]c3ccc(-c4cncc(NC(=O)C(C)(C)C)c4)cc23)c1. The first-order valence-electron chi connectivity index (χ1n) is 11.5. The van der Waals surface area contributed by atoms with E-state index in [4.69, 9.17) is 4.42 Å². The number of hydrogen-bond acceptors (Lipinski definition) is 4. The molecule has 176 valence electrons. The molecule has 7 nitrogen and oxygen atoms in total. The monoisotopic (exact) mass is 465 g/mol. The Labute approximate surface area is 203 Å². The summed E-state index contributed by atoms with van der Waals surface area (Å²) in [5.74, 6) is -0.0532. The van der Waals surface area contributed by atoms with E-state index in [-0.39, 0.29) is 5.91 Å². The van der Waals surface area contributed by atoms with Gasteiger partial charge in [-0.25, -0.2) is 0 Å². The van der Waals surface area contributed by atoms with E-state index in [1.165, 1.54) is 0 Å². The lowest BCUT2D eigenvalue weighted by Crippen LogP contribution is -2.27. The number of carbonyl (C=O) groups excluding carboxylic acids is 1. The summed E-state index contributed by atoms with van der Waals surface area (Å²) < 4.78 is 5.26. The van der Waals surface area contributed by atoms with Crippen molar-refractivity contribution in [2.24, 2.45) is 5.41 Å². The molecule has 0 unspecified atom stereocenters. The van der Waals surface area contributed by atoms with Crippen molar-refractivity contribution in [3.05, 3.63) is 84.7 Å². The van der Waals surface area contributed by atoms with Crippen LogP contribution in [0.15, 0.2) is 78.0 Å². The molecule has 0 aliphatic rings. The highest BCUT2D eigenvalue weighted by molar-refractivity contribution is 5.97. The normalized spacial score (nSPS) is 12.3. The van der Waals surface area contributed by atoms with Gasteiger partial charge in [-0.3, -0.25) is 14.9 Å². The van der Waals surface area contributed by atoms with Gasteiger partial charge in [0.25, 0.3) is 0 Å². The highest BCUT2D eigenvalue weighted by Gasteiger charge is 2.21. The second kappa shape index (κ2) is 8.76. The van der Waals surface area contributed by atoms with Gasteiger partial charge in [0.05, 0.1) is 35.6 Å². The molecule has 7 heteroatoms. The molecule has 4 aromatic heterocycles. The summed E-state index contributed by atoms with van der Waals surface area (Å²) in [7, 11) is 0. The third-order valence-electron chi connectivity index (χ3n) is 5.94. The van der Waals surface area contributed by atoms with Crippen LogP contribution in [-0.4, -0.2) is 26.1 Å². The Balaban J connectivity index is 1.49. The van der Waals surface area contributed by atoms with E-state index in [0.717, 1.165) is 50.1 Å². The lowest BCUT2D eigenvalue weighted by atomic mass is 9.95. The van der Waals surface area contributed by atoms with E-state index in [0.29, 0.717) is 5.69 Å². The number of rotatable bonds is 5. The fraction of sp³-hybridized carbons (Fsp3) is 0.179. The molecule has 5 aromatic rings. The van der Waals surface area contributed by atoms with Crippen molar-refractivity contribution >= 4 is 28.1 Å². The molecule has 4 heterocycles. The lowest BCUT2D eigenvalue weighted by molar-refractivity contribution is -0.123. The van der Waals surface area contributed by atoms with Crippen molar-refractivity contribution in [1.29, 1.82) is 0 Å². The maximum absolute atomic E-state index is 12.4. The molecular formula is C28H27N5O2. The van der Waals surface area contributed by atoms with E-state index < -0.39 is 5.41 Å². The molecule has 0 aliphatic heterocycles. The summed E-state index contributed by atoms with van der Waals surface area (Å²) >= 11 is 0. The minimum Gasteiger partial charge on any atom is -0.472 e. The molecular weight excluding hydrogens is 438 g/mol. The summed E-state index contributed by atoms with van der Waals surface area (Å²) in [4.78, 5) is 20.1. The number of amides is 1. The van der Waals surface area contributed by atoms with Crippen LogP contribution in [0.3, 0.4) is 0 Å². The van der Waals surface area contributed by atoms with Crippen LogP contribution < -0.4 is 5.32 Å². The number of anilines is 1. The van der Waals surface area contributed by atoms with Crippen LogP contribution in [0, 0.1) is 5.41 Å². The van der Waals surface area contributed by atoms with Gasteiger partial charge in [0, 0.05) is 39.9 Å². The number of furan rings is 1. The minimum absolute atomic E-state index is 0.0532. The van der Waals surface area contributed by atoms with Gasteiger partial charge in [-0.1, -0.05) is 32.9 Å². The predicted molar refractivity (Wildman–Crippen MR) is 139 cm³/mol. The number of nitrogens with one attached hydrogen (secondary N) is 3. The Bertz CT molecular complexity index is 1530. The quantitative estimate of drug-likeness (QED) is 0.271. The Morgan fingerprint density at radius 1 is 1.06 bits per heavy atom. The topological polar surface area (TPSA) is 99.6 Å². The largest absolute Gasteiger partial charge is 0.472 e. The Morgan fingerprint density at radius 3 is 2.66 bits per heavy atom. The van der Waals surface area contributed by atoms with Gasteiger partial charge in [0.2, 0.25) is 5.91 Å². The van der Waals surface area contributed by atoms with Crippen LogP contribution in [-0.2, 0) is 4.79 Å². The summed E-state index contributed by atoms with van der Waals surface area (Å²) in [5, 5.41) is 11.7. The maximum Gasteiger partial charge on any atom is 0.229 e. The average Bonchev–Trinajstić information content (AvgIpc) is 3.60. The number of fused-ring (bicyclic) bond motifs is 1. The number of nitrogens with zero attached hydrogens (tertiary/aromatic N) is 2. The molecule has 0 saturated heterocycles. The molecule has 1 aromatic carbocycles. The fourth-order valence-corrected chi connectivity index (χ4v) is 3.99. The van der Waals surface area contributed by atoms with Crippen LogP contribution >= 0.6 is 0 Å². The number of carbonyl (C=O) groups is 1. The number of aromatic nitrogens is 4. The fourth-order valence-electron chi connectivity index (χ4n) is 3.99. The maximum atomic E-state index is 12.4. The number of H-pyrrole nitrogens is 2. The van der Waals surface area contributed by atoms with Crippen LogP contribution in [0.25, 0.3) is 39.0 Å². The number of benzene rings is 1. The minimum atomic E-state index is -0.486. The summed E-state index contributed by atoms with van der Waals surface area (Å²) in [6.07, 6.45) is 10.9. The number of aromatic amines is 2. The Kier molecular flexibility index (Phi) is 5.61. The van der Waals surface area contributed by atoms with Crippen LogP contribution in [0.2, 0.25) is 0 Å². The second-order valence-electron chi connectivity index (χ2n) is 9.52.